The van der Waals surface area contributed by atoms with E-state index in [4.69, 9.17) is 28.3 Å². The van der Waals surface area contributed by atoms with Gasteiger partial charge in [-0.3, -0.25) is 14.9 Å². The molecule has 0 saturated heterocycles. The molecule has 3 rings (SSSR count). The Morgan fingerprint density at radius 3 is 2.50 bits per heavy atom. The zero-order chi connectivity index (χ0) is 23.6. The summed E-state index contributed by atoms with van der Waals surface area (Å²) in [5, 5.41) is 37.1. The number of aromatic hydroxyl groups is 1. The molecule has 0 atom stereocenters. The second-order valence-corrected chi connectivity index (χ2v) is 8.11. The van der Waals surface area contributed by atoms with Crippen molar-refractivity contribution in [2.24, 2.45) is 5.10 Å². The number of benzene rings is 2. The lowest BCUT2D eigenvalue weighted by Crippen LogP contribution is -2.19. The number of hydrogen-bond acceptors (Lipinski definition) is 7. The highest BCUT2D eigenvalue weighted by molar-refractivity contribution is 7.14. The number of hydrazone groups is 1. The fraction of sp³-hybridized carbons (Fsp3) is 0.0500. The van der Waals surface area contributed by atoms with Crippen molar-refractivity contribution >= 4 is 57.8 Å². The number of thiophene rings is 1. The van der Waals surface area contributed by atoms with E-state index in [1.807, 2.05) is 0 Å². The first-order chi connectivity index (χ1) is 15.1. The van der Waals surface area contributed by atoms with E-state index in [2.05, 4.69) is 10.5 Å². The van der Waals surface area contributed by atoms with Crippen molar-refractivity contribution < 1.29 is 24.7 Å². The average Bonchev–Trinajstić information content (AvgIpc) is 3.12. The maximum Gasteiger partial charge on any atom is 0.342 e. The summed E-state index contributed by atoms with van der Waals surface area (Å²) in [6.45, 7) is 1.55. The van der Waals surface area contributed by atoms with E-state index in [0.29, 0.717) is 26.0 Å². The van der Waals surface area contributed by atoms with Crippen LogP contribution in [0.4, 0.5) is 5.69 Å². The van der Waals surface area contributed by atoms with Crippen molar-refractivity contribution in [2.45, 2.75) is 6.92 Å². The first-order valence-corrected chi connectivity index (χ1v) is 10.4. The zero-order valence-corrected chi connectivity index (χ0v) is 18.5. The lowest BCUT2D eigenvalue weighted by atomic mass is 10.1. The summed E-state index contributed by atoms with van der Waals surface area (Å²) >= 11 is 13.3. The van der Waals surface area contributed by atoms with Crippen molar-refractivity contribution in [3.8, 4) is 16.2 Å². The van der Waals surface area contributed by atoms with E-state index in [9.17, 15) is 24.8 Å². The fourth-order valence-electron chi connectivity index (χ4n) is 2.74. The quantitative estimate of drug-likeness (QED) is 0.245. The van der Waals surface area contributed by atoms with Gasteiger partial charge in [-0.25, -0.2) is 10.2 Å². The Kier molecular flexibility index (Phi) is 6.78. The largest absolute Gasteiger partial charge is 0.506 e. The highest BCUT2D eigenvalue weighted by atomic mass is 35.5. The average molecular weight is 494 g/mol. The molecule has 0 unspecified atom stereocenters. The van der Waals surface area contributed by atoms with Crippen molar-refractivity contribution in [1.29, 1.82) is 0 Å². The number of amides is 1. The molecular weight excluding hydrogens is 481 g/mol. The number of nitrogens with one attached hydrogen (secondary N) is 1. The zero-order valence-electron chi connectivity index (χ0n) is 16.1. The molecule has 0 spiro atoms. The molecule has 3 aromatic rings. The predicted octanol–water partition coefficient (Wildman–Crippen LogP) is 5.19. The van der Waals surface area contributed by atoms with Crippen LogP contribution in [0.5, 0.6) is 5.75 Å². The Balaban J connectivity index is 1.84. The molecule has 0 saturated carbocycles. The molecule has 0 aliphatic heterocycles. The van der Waals surface area contributed by atoms with Crippen LogP contribution in [0.3, 0.4) is 0 Å². The van der Waals surface area contributed by atoms with E-state index >= 15 is 0 Å². The number of nitro groups is 1. The van der Waals surface area contributed by atoms with E-state index in [0.717, 1.165) is 18.2 Å². The van der Waals surface area contributed by atoms with Crippen LogP contribution in [0, 0.1) is 10.1 Å². The highest BCUT2D eigenvalue weighted by Gasteiger charge is 2.22. The van der Waals surface area contributed by atoms with Gasteiger partial charge in [-0.05, 0) is 31.2 Å². The minimum atomic E-state index is -1.48. The van der Waals surface area contributed by atoms with Gasteiger partial charge in [-0.1, -0.05) is 29.3 Å². The summed E-state index contributed by atoms with van der Waals surface area (Å²) in [5.74, 6) is -2.36. The SMILES string of the molecule is CC(=NNC(=O)c1ccc(C(=O)O)c([N+](=O)[O-])c1)c1csc(-c2ccc(Cl)cc2Cl)c1O. The minimum absolute atomic E-state index is 0.0869. The van der Waals surface area contributed by atoms with Gasteiger partial charge in [-0.2, -0.15) is 5.10 Å². The number of carbonyl (C=O) groups excluding carboxylic acids is 1. The third-order valence-corrected chi connectivity index (χ3v) is 5.89. The molecule has 0 aliphatic rings. The van der Waals surface area contributed by atoms with Crippen molar-refractivity contribution in [3.05, 3.63) is 78.6 Å². The van der Waals surface area contributed by atoms with Crippen LogP contribution in [0.15, 0.2) is 46.9 Å². The van der Waals surface area contributed by atoms with Gasteiger partial charge >= 0.3 is 5.97 Å². The molecule has 0 fully saturated rings. The second kappa shape index (κ2) is 9.35. The van der Waals surface area contributed by atoms with Gasteiger partial charge in [0, 0.05) is 27.6 Å². The van der Waals surface area contributed by atoms with Crippen molar-refractivity contribution in [3.63, 3.8) is 0 Å². The van der Waals surface area contributed by atoms with Gasteiger partial charge < -0.3 is 10.2 Å². The van der Waals surface area contributed by atoms with Crippen LogP contribution >= 0.6 is 34.5 Å². The topological polar surface area (TPSA) is 142 Å². The lowest BCUT2D eigenvalue weighted by Gasteiger charge is -2.05. The fourth-order valence-corrected chi connectivity index (χ4v) is 4.34. The number of hydrogen-bond donors (Lipinski definition) is 3. The Morgan fingerprint density at radius 2 is 1.88 bits per heavy atom. The third kappa shape index (κ3) is 4.72. The van der Waals surface area contributed by atoms with Crippen LogP contribution < -0.4 is 5.43 Å². The van der Waals surface area contributed by atoms with Crippen LogP contribution in [0.25, 0.3) is 10.4 Å². The summed E-state index contributed by atoms with van der Waals surface area (Å²) in [5.41, 5.74) is 2.02. The molecule has 0 radical (unpaired) electrons. The van der Waals surface area contributed by atoms with E-state index in [-0.39, 0.29) is 17.0 Å². The normalized spacial score (nSPS) is 11.3. The van der Waals surface area contributed by atoms with Gasteiger partial charge in [0.15, 0.2) is 0 Å². The summed E-state index contributed by atoms with van der Waals surface area (Å²) in [4.78, 5) is 34.1. The summed E-state index contributed by atoms with van der Waals surface area (Å²) in [6, 6.07) is 7.82. The molecule has 2 aromatic carbocycles. The monoisotopic (exact) mass is 493 g/mol. The smallest absolute Gasteiger partial charge is 0.342 e. The predicted molar refractivity (Wildman–Crippen MR) is 121 cm³/mol. The molecule has 12 heteroatoms. The first-order valence-electron chi connectivity index (χ1n) is 8.72. The highest BCUT2D eigenvalue weighted by Crippen LogP contribution is 2.42. The van der Waals surface area contributed by atoms with Gasteiger partial charge in [-0.15, -0.1) is 11.3 Å². The molecule has 164 valence electrons. The molecule has 32 heavy (non-hydrogen) atoms. The van der Waals surface area contributed by atoms with Gasteiger partial charge in [0.05, 0.1) is 26.1 Å². The molecule has 9 nitrogen and oxygen atoms in total. The maximum atomic E-state index is 12.3. The van der Waals surface area contributed by atoms with Crippen LogP contribution in [-0.2, 0) is 0 Å². The molecule has 1 heterocycles. The molecule has 3 N–H and O–H groups in total. The number of rotatable bonds is 6. The maximum absolute atomic E-state index is 12.3. The number of carbonyl (C=O) groups is 2. The second-order valence-electron chi connectivity index (χ2n) is 6.38. The van der Waals surface area contributed by atoms with Crippen molar-refractivity contribution in [1.82, 2.24) is 5.43 Å². The van der Waals surface area contributed by atoms with E-state index in [1.165, 1.54) is 11.3 Å². The summed E-state index contributed by atoms with van der Waals surface area (Å²) < 4.78 is 0. The Morgan fingerprint density at radius 1 is 1.16 bits per heavy atom. The number of halogens is 2. The number of nitro benzene ring substituents is 1. The van der Waals surface area contributed by atoms with Gasteiger partial charge in [0.2, 0.25) is 0 Å². The standard InChI is InChI=1S/C20H13Cl2N3O6S/c1-9(14-8-32-18(17(14)26)12-5-3-11(21)7-15(12)22)23-24-19(27)10-2-4-13(20(28)29)16(6-10)25(30)31/h2-8,26H,1H3,(H,24,27)(H,28,29). The molecule has 1 aromatic heterocycles. The number of nitrogens with zero attached hydrogens (tertiary/aromatic N) is 2. The first kappa shape index (κ1) is 23.2. The number of carboxylic acids is 1. The Hall–Kier alpha value is -3.47. The molecular formula is C20H13Cl2N3O6S. The van der Waals surface area contributed by atoms with Crippen LogP contribution in [-0.4, -0.2) is 32.7 Å². The van der Waals surface area contributed by atoms with E-state index in [1.54, 1.807) is 30.5 Å². The Labute approximate surface area is 194 Å². The van der Waals surface area contributed by atoms with E-state index < -0.39 is 28.1 Å². The molecule has 0 aliphatic carbocycles. The number of carboxylic acid groups (broad SMARTS) is 1. The Bertz CT molecular complexity index is 1290. The lowest BCUT2D eigenvalue weighted by molar-refractivity contribution is -0.385. The van der Waals surface area contributed by atoms with Gasteiger partial charge in [0.1, 0.15) is 11.3 Å². The third-order valence-electron chi connectivity index (χ3n) is 4.34. The van der Waals surface area contributed by atoms with Crippen molar-refractivity contribution in [2.75, 3.05) is 0 Å². The summed E-state index contributed by atoms with van der Waals surface area (Å²) in [7, 11) is 0. The molecule has 1 amide bonds. The minimum Gasteiger partial charge on any atom is -0.506 e. The molecule has 0 bridgehead atoms. The van der Waals surface area contributed by atoms with Crippen LogP contribution in [0.2, 0.25) is 10.0 Å². The van der Waals surface area contributed by atoms with Gasteiger partial charge in [0.25, 0.3) is 11.6 Å². The number of aromatic carboxylic acids is 1. The van der Waals surface area contributed by atoms with Crippen LogP contribution in [0.1, 0.15) is 33.2 Å². The summed E-state index contributed by atoms with van der Waals surface area (Å²) in [6.07, 6.45) is 0.